The number of benzene rings is 1. The number of hydrogen-bond acceptors (Lipinski definition) is 3. The van der Waals surface area contributed by atoms with Gasteiger partial charge < -0.3 is 5.32 Å². The Hall–Kier alpha value is -1.81. The van der Waals surface area contributed by atoms with Crippen LogP contribution in [0.3, 0.4) is 0 Å². The van der Waals surface area contributed by atoms with Crippen molar-refractivity contribution in [2.24, 2.45) is 0 Å². The van der Waals surface area contributed by atoms with Gasteiger partial charge in [-0.1, -0.05) is 26.0 Å². The second kappa shape index (κ2) is 5.69. The van der Waals surface area contributed by atoms with Gasteiger partial charge in [0, 0.05) is 36.1 Å². The number of aromatic nitrogens is 2. The van der Waals surface area contributed by atoms with E-state index in [1.807, 2.05) is 0 Å². The maximum absolute atomic E-state index is 13.1. The van der Waals surface area contributed by atoms with Crippen molar-refractivity contribution in [2.45, 2.75) is 26.4 Å². The molecule has 0 amide bonds. The van der Waals surface area contributed by atoms with E-state index in [9.17, 15) is 4.39 Å². The SMILES string of the molecule is CC(C)NCc1cnc(-c2cccc(F)c2)nc1. The van der Waals surface area contributed by atoms with Crippen molar-refractivity contribution < 1.29 is 4.39 Å². The van der Waals surface area contributed by atoms with Crippen molar-refractivity contribution in [3.63, 3.8) is 0 Å². The summed E-state index contributed by atoms with van der Waals surface area (Å²) < 4.78 is 13.1. The minimum Gasteiger partial charge on any atom is -0.310 e. The summed E-state index contributed by atoms with van der Waals surface area (Å²) in [5.74, 6) is 0.268. The highest BCUT2D eigenvalue weighted by Gasteiger charge is 2.03. The van der Waals surface area contributed by atoms with Gasteiger partial charge in [0.25, 0.3) is 0 Å². The fraction of sp³-hybridized carbons (Fsp3) is 0.286. The molecule has 0 aliphatic rings. The van der Waals surface area contributed by atoms with Gasteiger partial charge >= 0.3 is 0 Å². The fourth-order valence-corrected chi connectivity index (χ4v) is 1.54. The van der Waals surface area contributed by atoms with Crippen molar-refractivity contribution in [3.8, 4) is 11.4 Å². The fourth-order valence-electron chi connectivity index (χ4n) is 1.54. The molecule has 2 aromatic rings. The average molecular weight is 245 g/mol. The lowest BCUT2D eigenvalue weighted by atomic mass is 10.2. The average Bonchev–Trinajstić information content (AvgIpc) is 2.37. The summed E-state index contributed by atoms with van der Waals surface area (Å²) in [6, 6.07) is 6.71. The van der Waals surface area contributed by atoms with Gasteiger partial charge in [0.1, 0.15) is 5.82 Å². The van der Waals surface area contributed by atoms with Gasteiger partial charge in [0.05, 0.1) is 0 Å². The summed E-state index contributed by atoms with van der Waals surface area (Å²) in [5.41, 5.74) is 1.71. The summed E-state index contributed by atoms with van der Waals surface area (Å²) in [5, 5.41) is 3.29. The molecule has 0 atom stereocenters. The van der Waals surface area contributed by atoms with E-state index in [4.69, 9.17) is 0 Å². The highest BCUT2D eigenvalue weighted by molar-refractivity contribution is 5.54. The molecule has 0 radical (unpaired) electrons. The first-order chi connectivity index (χ1) is 8.65. The molecule has 0 fully saturated rings. The zero-order valence-corrected chi connectivity index (χ0v) is 10.5. The third kappa shape index (κ3) is 3.34. The lowest BCUT2D eigenvalue weighted by molar-refractivity contribution is 0.587. The van der Waals surface area contributed by atoms with E-state index < -0.39 is 0 Å². The molecule has 0 aliphatic heterocycles. The second-order valence-corrected chi connectivity index (χ2v) is 4.46. The molecule has 2 rings (SSSR count). The molecule has 0 aliphatic carbocycles. The van der Waals surface area contributed by atoms with Crippen molar-refractivity contribution in [1.82, 2.24) is 15.3 Å². The molecule has 4 heteroatoms. The maximum Gasteiger partial charge on any atom is 0.159 e. The first-order valence-electron chi connectivity index (χ1n) is 5.95. The molecule has 1 N–H and O–H groups in total. The monoisotopic (exact) mass is 245 g/mol. The van der Waals surface area contributed by atoms with E-state index in [0.717, 1.165) is 12.1 Å². The van der Waals surface area contributed by atoms with Gasteiger partial charge in [-0.15, -0.1) is 0 Å². The lowest BCUT2D eigenvalue weighted by Crippen LogP contribution is -2.21. The molecule has 0 saturated carbocycles. The molecule has 0 bridgehead atoms. The van der Waals surface area contributed by atoms with Crippen molar-refractivity contribution in [1.29, 1.82) is 0 Å². The normalized spacial score (nSPS) is 10.9. The molecule has 0 spiro atoms. The van der Waals surface area contributed by atoms with Gasteiger partial charge in [0.2, 0.25) is 0 Å². The molecular formula is C14H16FN3. The Morgan fingerprint density at radius 1 is 1.22 bits per heavy atom. The van der Waals surface area contributed by atoms with Crippen LogP contribution in [0.4, 0.5) is 4.39 Å². The van der Waals surface area contributed by atoms with E-state index >= 15 is 0 Å². The number of hydrogen-bond donors (Lipinski definition) is 1. The summed E-state index contributed by atoms with van der Waals surface area (Å²) in [4.78, 5) is 8.50. The third-order valence-electron chi connectivity index (χ3n) is 2.50. The zero-order chi connectivity index (χ0) is 13.0. The van der Waals surface area contributed by atoms with Crippen LogP contribution in [0, 0.1) is 5.82 Å². The molecule has 18 heavy (non-hydrogen) atoms. The Kier molecular flexibility index (Phi) is 3.99. The van der Waals surface area contributed by atoms with Crippen LogP contribution >= 0.6 is 0 Å². The minimum absolute atomic E-state index is 0.276. The molecule has 1 aromatic carbocycles. The van der Waals surface area contributed by atoms with Crippen LogP contribution in [0.2, 0.25) is 0 Å². The molecule has 94 valence electrons. The largest absolute Gasteiger partial charge is 0.310 e. The highest BCUT2D eigenvalue weighted by atomic mass is 19.1. The van der Waals surface area contributed by atoms with Gasteiger partial charge in [0.15, 0.2) is 5.82 Å². The van der Waals surface area contributed by atoms with Gasteiger partial charge in [-0.05, 0) is 12.1 Å². The topological polar surface area (TPSA) is 37.8 Å². The van der Waals surface area contributed by atoms with Crippen LogP contribution in [0.1, 0.15) is 19.4 Å². The Balaban J connectivity index is 2.12. The Morgan fingerprint density at radius 3 is 2.56 bits per heavy atom. The zero-order valence-electron chi connectivity index (χ0n) is 10.5. The predicted octanol–water partition coefficient (Wildman–Crippen LogP) is 2.78. The van der Waals surface area contributed by atoms with Crippen LogP contribution in [-0.2, 0) is 6.54 Å². The Labute approximate surface area is 106 Å². The standard InChI is InChI=1S/C14H16FN3/c1-10(2)16-7-11-8-17-14(18-9-11)12-4-3-5-13(15)6-12/h3-6,8-10,16H,7H2,1-2H3. The molecule has 0 saturated heterocycles. The quantitative estimate of drug-likeness (QED) is 0.900. The Morgan fingerprint density at radius 2 is 1.94 bits per heavy atom. The van der Waals surface area contributed by atoms with Crippen LogP contribution < -0.4 is 5.32 Å². The molecular weight excluding hydrogens is 229 g/mol. The van der Waals surface area contributed by atoms with Gasteiger partial charge in [-0.25, -0.2) is 14.4 Å². The summed E-state index contributed by atoms with van der Waals surface area (Å²) in [6.45, 7) is 4.91. The van der Waals surface area contributed by atoms with E-state index in [-0.39, 0.29) is 5.82 Å². The van der Waals surface area contributed by atoms with E-state index in [2.05, 4.69) is 29.1 Å². The number of nitrogens with one attached hydrogen (secondary N) is 1. The second-order valence-electron chi connectivity index (χ2n) is 4.46. The van der Waals surface area contributed by atoms with Crippen molar-refractivity contribution in [2.75, 3.05) is 0 Å². The smallest absolute Gasteiger partial charge is 0.159 e. The summed E-state index contributed by atoms with van der Waals surface area (Å²) >= 11 is 0. The van der Waals surface area contributed by atoms with Crippen molar-refractivity contribution in [3.05, 3.63) is 48.0 Å². The number of nitrogens with zero attached hydrogens (tertiary/aromatic N) is 2. The molecule has 0 unspecified atom stereocenters. The highest BCUT2D eigenvalue weighted by Crippen LogP contribution is 2.15. The van der Waals surface area contributed by atoms with Crippen LogP contribution in [0.25, 0.3) is 11.4 Å². The third-order valence-corrected chi connectivity index (χ3v) is 2.50. The predicted molar refractivity (Wildman–Crippen MR) is 69.4 cm³/mol. The van der Waals surface area contributed by atoms with E-state index in [1.54, 1.807) is 24.5 Å². The lowest BCUT2D eigenvalue weighted by Gasteiger charge is -2.07. The van der Waals surface area contributed by atoms with Crippen LogP contribution in [0.15, 0.2) is 36.7 Å². The van der Waals surface area contributed by atoms with Gasteiger partial charge in [-0.3, -0.25) is 0 Å². The molecule has 1 aromatic heterocycles. The first-order valence-corrected chi connectivity index (χ1v) is 5.95. The van der Waals surface area contributed by atoms with Crippen LogP contribution in [0.5, 0.6) is 0 Å². The van der Waals surface area contributed by atoms with E-state index in [0.29, 0.717) is 17.4 Å². The van der Waals surface area contributed by atoms with E-state index in [1.165, 1.54) is 12.1 Å². The Bertz CT molecular complexity index is 509. The number of rotatable bonds is 4. The minimum atomic E-state index is -0.276. The summed E-state index contributed by atoms with van der Waals surface area (Å²) in [7, 11) is 0. The van der Waals surface area contributed by atoms with Gasteiger partial charge in [-0.2, -0.15) is 0 Å². The molecule has 3 nitrogen and oxygen atoms in total. The first kappa shape index (κ1) is 12.6. The maximum atomic E-state index is 13.1. The van der Waals surface area contributed by atoms with Crippen LogP contribution in [-0.4, -0.2) is 16.0 Å². The summed E-state index contributed by atoms with van der Waals surface area (Å²) in [6.07, 6.45) is 3.53. The molecule has 1 heterocycles. The van der Waals surface area contributed by atoms with Crippen molar-refractivity contribution >= 4 is 0 Å². The number of halogens is 1.